The van der Waals surface area contributed by atoms with Crippen LogP contribution < -0.4 is 5.14 Å². The van der Waals surface area contributed by atoms with Gasteiger partial charge in [-0.25, -0.2) is 13.6 Å². The van der Waals surface area contributed by atoms with Crippen molar-refractivity contribution in [1.82, 2.24) is 0 Å². The Morgan fingerprint density at radius 1 is 1.04 bits per heavy atom. The smallest absolute Gasteiger partial charge is 0.238 e. The molecule has 0 unspecified atom stereocenters. The minimum absolute atomic E-state index is 0.00950. The van der Waals surface area contributed by atoms with Crippen molar-refractivity contribution in [3.05, 3.63) is 64.7 Å². The Morgan fingerprint density at radius 3 is 2.24 bits per heavy atom. The van der Waals surface area contributed by atoms with Crippen molar-refractivity contribution in [2.24, 2.45) is 5.14 Å². The van der Waals surface area contributed by atoms with Gasteiger partial charge in [0.2, 0.25) is 15.8 Å². The molecule has 25 heavy (non-hydrogen) atoms. The zero-order chi connectivity index (χ0) is 18.4. The number of rotatable bonds is 3. The molecule has 0 spiro atoms. The maximum atomic E-state index is 12.8. The first kappa shape index (κ1) is 17.7. The maximum Gasteiger partial charge on any atom is 0.238 e. The monoisotopic (exact) mass is 377 g/mol. The number of benzene rings is 2. The molecule has 0 radical (unpaired) electrons. The lowest BCUT2D eigenvalue weighted by molar-refractivity contribution is -0.125. The van der Waals surface area contributed by atoms with E-state index in [2.05, 4.69) is 0 Å². The van der Waals surface area contributed by atoms with Crippen molar-refractivity contribution in [3.63, 3.8) is 0 Å². The van der Waals surface area contributed by atoms with Crippen LogP contribution in [0.25, 0.3) is 11.3 Å². The molecule has 0 aromatic heterocycles. The number of hydrogen-bond acceptors (Lipinski definition) is 4. The summed E-state index contributed by atoms with van der Waals surface area (Å²) in [6, 6.07) is 12.8. The molecule has 0 bridgehead atoms. The molecule has 130 valence electrons. The van der Waals surface area contributed by atoms with Gasteiger partial charge in [0, 0.05) is 10.6 Å². The van der Waals surface area contributed by atoms with Crippen LogP contribution in [-0.4, -0.2) is 19.8 Å². The van der Waals surface area contributed by atoms with E-state index in [-0.39, 0.29) is 10.7 Å². The van der Waals surface area contributed by atoms with Gasteiger partial charge in [0.25, 0.3) is 0 Å². The molecule has 2 aromatic carbocycles. The van der Waals surface area contributed by atoms with Crippen LogP contribution in [0.2, 0.25) is 5.02 Å². The van der Waals surface area contributed by atoms with Gasteiger partial charge in [-0.3, -0.25) is 4.79 Å². The van der Waals surface area contributed by atoms with E-state index < -0.39 is 15.6 Å². The van der Waals surface area contributed by atoms with E-state index in [9.17, 15) is 13.2 Å². The normalized spacial score (nSPS) is 16.9. The molecule has 0 saturated heterocycles. The van der Waals surface area contributed by atoms with Gasteiger partial charge in [-0.2, -0.15) is 0 Å². The fourth-order valence-electron chi connectivity index (χ4n) is 2.66. The zero-order valence-electron chi connectivity index (χ0n) is 13.6. The molecule has 0 amide bonds. The molecule has 7 heteroatoms. The van der Waals surface area contributed by atoms with Crippen molar-refractivity contribution >= 4 is 38.7 Å². The molecular weight excluding hydrogens is 362 g/mol. The SMILES string of the molecule is CC1(C)OC(c2ccc(S(N)(=O)=O)cc2)=C(c2cccc(Cl)c2)C1=O. The van der Waals surface area contributed by atoms with Crippen molar-refractivity contribution in [1.29, 1.82) is 0 Å². The summed E-state index contributed by atoms with van der Waals surface area (Å²) in [7, 11) is -3.79. The van der Waals surface area contributed by atoms with Gasteiger partial charge >= 0.3 is 0 Å². The topological polar surface area (TPSA) is 86.5 Å². The number of ether oxygens (including phenoxy) is 1. The molecule has 0 fully saturated rings. The van der Waals surface area contributed by atoms with Crippen LogP contribution in [0.4, 0.5) is 0 Å². The van der Waals surface area contributed by atoms with Gasteiger partial charge in [0.1, 0.15) is 5.76 Å². The number of primary sulfonamides is 1. The first-order valence-corrected chi connectivity index (χ1v) is 9.39. The van der Waals surface area contributed by atoms with Crippen LogP contribution in [0.15, 0.2) is 53.4 Å². The summed E-state index contributed by atoms with van der Waals surface area (Å²) in [6.07, 6.45) is 0. The zero-order valence-corrected chi connectivity index (χ0v) is 15.2. The van der Waals surface area contributed by atoms with E-state index >= 15 is 0 Å². The summed E-state index contributed by atoms with van der Waals surface area (Å²) in [5.41, 5.74) is 0.622. The second-order valence-electron chi connectivity index (χ2n) is 6.23. The summed E-state index contributed by atoms with van der Waals surface area (Å²) in [5, 5.41) is 5.63. The van der Waals surface area contributed by atoms with E-state index in [1.165, 1.54) is 12.1 Å². The van der Waals surface area contributed by atoms with E-state index in [4.69, 9.17) is 21.5 Å². The van der Waals surface area contributed by atoms with Gasteiger partial charge in [-0.05, 0) is 55.8 Å². The number of carbonyl (C=O) groups is 1. The Hall–Kier alpha value is -2.15. The second-order valence-corrected chi connectivity index (χ2v) is 8.22. The Bertz CT molecular complexity index is 992. The molecule has 0 saturated carbocycles. The largest absolute Gasteiger partial charge is 0.478 e. The third-order valence-electron chi connectivity index (χ3n) is 3.92. The van der Waals surface area contributed by atoms with E-state index in [0.717, 1.165) is 0 Å². The summed E-state index contributed by atoms with van der Waals surface area (Å²) in [4.78, 5) is 12.8. The number of hydrogen-bond donors (Lipinski definition) is 1. The van der Waals surface area contributed by atoms with Gasteiger partial charge in [0.05, 0.1) is 10.5 Å². The Kier molecular flexibility index (Phi) is 4.23. The maximum absolute atomic E-state index is 12.8. The molecule has 0 atom stereocenters. The Balaban J connectivity index is 2.17. The third kappa shape index (κ3) is 3.33. The average molecular weight is 378 g/mol. The minimum Gasteiger partial charge on any atom is -0.478 e. The number of halogens is 1. The van der Waals surface area contributed by atoms with Gasteiger partial charge in [-0.15, -0.1) is 0 Å². The lowest BCUT2D eigenvalue weighted by atomic mass is 9.93. The summed E-state index contributed by atoms with van der Waals surface area (Å²) >= 11 is 6.05. The number of Topliss-reactive ketones (excluding diaryl/α,β-unsaturated/α-hetero) is 1. The van der Waals surface area contributed by atoms with Crippen molar-refractivity contribution in [3.8, 4) is 0 Å². The van der Waals surface area contributed by atoms with E-state index in [1.807, 2.05) is 0 Å². The highest BCUT2D eigenvalue weighted by molar-refractivity contribution is 7.89. The van der Waals surface area contributed by atoms with Crippen LogP contribution in [0.5, 0.6) is 0 Å². The molecule has 1 aliphatic rings. The van der Waals surface area contributed by atoms with Crippen molar-refractivity contribution in [2.75, 3.05) is 0 Å². The molecule has 3 rings (SSSR count). The van der Waals surface area contributed by atoms with Crippen molar-refractivity contribution in [2.45, 2.75) is 24.3 Å². The van der Waals surface area contributed by atoms with E-state index in [0.29, 0.717) is 27.5 Å². The third-order valence-corrected chi connectivity index (χ3v) is 5.08. The Morgan fingerprint density at radius 2 is 1.68 bits per heavy atom. The summed E-state index contributed by atoms with van der Waals surface area (Å²) in [5.74, 6) is 0.221. The van der Waals surface area contributed by atoms with Crippen LogP contribution in [0.3, 0.4) is 0 Å². The molecule has 1 aliphatic heterocycles. The molecule has 5 nitrogen and oxygen atoms in total. The first-order valence-electron chi connectivity index (χ1n) is 7.47. The number of sulfonamides is 1. The lowest BCUT2D eigenvalue weighted by Gasteiger charge is -2.17. The van der Waals surface area contributed by atoms with Crippen LogP contribution in [-0.2, 0) is 19.6 Å². The predicted molar refractivity (Wildman–Crippen MR) is 96.3 cm³/mol. The fraction of sp³-hybridized carbons (Fsp3) is 0.167. The van der Waals surface area contributed by atoms with Gasteiger partial charge in [0.15, 0.2) is 5.60 Å². The number of carbonyl (C=O) groups excluding carboxylic acids is 1. The molecule has 2 aromatic rings. The van der Waals surface area contributed by atoms with Crippen LogP contribution >= 0.6 is 11.6 Å². The average Bonchev–Trinajstić information content (AvgIpc) is 2.77. The quantitative estimate of drug-likeness (QED) is 0.889. The highest BCUT2D eigenvalue weighted by Gasteiger charge is 2.42. The molecule has 0 aliphatic carbocycles. The second kappa shape index (κ2) is 5.98. The van der Waals surface area contributed by atoms with Crippen LogP contribution in [0.1, 0.15) is 25.0 Å². The standard InChI is InChI=1S/C18H16ClNO4S/c1-18(2)17(21)15(12-4-3-5-13(19)10-12)16(24-18)11-6-8-14(9-7-11)25(20,22)23/h3-10H,1-2H3,(H2,20,22,23). The van der Waals surface area contributed by atoms with Gasteiger partial charge in [-0.1, -0.05) is 23.7 Å². The predicted octanol–water partition coefficient (Wildman–Crippen LogP) is 3.23. The number of ketones is 1. The van der Waals surface area contributed by atoms with E-state index in [1.54, 1.807) is 50.2 Å². The summed E-state index contributed by atoms with van der Waals surface area (Å²) in [6.45, 7) is 3.37. The highest BCUT2D eigenvalue weighted by Crippen LogP contribution is 2.41. The molecule has 1 heterocycles. The van der Waals surface area contributed by atoms with Crippen molar-refractivity contribution < 1.29 is 17.9 Å². The number of nitrogens with two attached hydrogens (primary N) is 1. The lowest BCUT2D eigenvalue weighted by Crippen LogP contribution is -2.29. The first-order chi connectivity index (χ1) is 11.6. The molecule has 2 N–H and O–H groups in total. The highest BCUT2D eigenvalue weighted by atomic mass is 35.5. The van der Waals surface area contributed by atoms with Gasteiger partial charge < -0.3 is 4.74 Å². The fourth-order valence-corrected chi connectivity index (χ4v) is 3.37. The van der Waals surface area contributed by atoms with Crippen LogP contribution in [0, 0.1) is 0 Å². The minimum atomic E-state index is -3.79. The Labute approximate surface area is 151 Å². The summed E-state index contributed by atoms with van der Waals surface area (Å²) < 4.78 is 28.7. The molecular formula is C18H16ClNO4S.